The molecule has 1 amide bonds. The molecule has 16 heavy (non-hydrogen) atoms. The van der Waals surface area contributed by atoms with Gasteiger partial charge in [0.05, 0.1) is 13.7 Å². The number of halogens is 4. The number of hydrogen-bond acceptors (Lipinski definition) is 4. The SMILES string of the molecule is COC(=O)C(O)CNC(=O)C(F)(F)C(F)F. The molecule has 0 saturated heterocycles. The number of hydrogen-bond donors (Lipinski definition) is 2. The molecule has 0 heterocycles. The van der Waals surface area contributed by atoms with Gasteiger partial charge < -0.3 is 15.2 Å². The number of rotatable bonds is 5. The molecule has 1 unspecified atom stereocenters. The lowest BCUT2D eigenvalue weighted by Gasteiger charge is -2.15. The van der Waals surface area contributed by atoms with Crippen molar-refractivity contribution in [3.8, 4) is 0 Å². The fourth-order valence-electron chi connectivity index (χ4n) is 0.626. The molecule has 0 spiro atoms. The van der Waals surface area contributed by atoms with E-state index in [4.69, 9.17) is 5.11 Å². The largest absolute Gasteiger partial charge is 0.467 e. The lowest BCUT2D eigenvalue weighted by atomic mass is 10.3. The molecule has 0 fully saturated rings. The molecule has 0 bridgehead atoms. The van der Waals surface area contributed by atoms with Crippen LogP contribution < -0.4 is 5.32 Å². The Morgan fingerprint density at radius 3 is 2.31 bits per heavy atom. The van der Waals surface area contributed by atoms with E-state index in [1.807, 2.05) is 0 Å². The first-order valence-corrected chi connectivity index (χ1v) is 3.93. The summed E-state index contributed by atoms with van der Waals surface area (Å²) in [6.07, 6.45) is -6.05. The third kappa shape index (κ3) is 3.65. The molecule has 0 radical (unpaired) electrons. The minimum Gasteiger partial charge on any atom is -0.467 e. The van der Waals surface area contributed by atoms with Crippen LogP contribution in [0.3, 0.4) is 0 Å². The Morgan fingerprint density at radius 1 is 1.44 bits per heavy atom. The number of ether oxygens (including phenoxy) is 1. The highest BCUT2D eigenvalue weighted by atomic mass is 19.3. The van der Waals surface area contributed by atoms with E-state index in [9.17, 15) is 27.2 Å². The summed E-state index contributed by atoms with van der Waals surface area (Å²) in [5.74, 6) is -8.32. The summed E-state index contributed by atoms with van der Waals surface area (Å²) in [6.45, 7) is -0.937. The molecule has 0 aromatic carbocycles. The number of methoxy groups -OCH3 is 1. The molecule has 0 saturated carbocycles. The van der Waals surface area contributed by atoms with E-state index in [0.29, 0.717) is 0 Å². The lowest BCUT2D eigenvalue weighted by Crippen LogP contribution is -2.48. The van der Waals surface area contributed by atoms with Gasteiger partial charge in [0, 0.05) is 0 Å². The van der Waals surface area contributed by atoms with Gasteiger partial charge in [-0.3, -0.25) is 4.79 Å². The lowest BCUT2D eigenvalue weighted by molar-refractivity contribution is -0.170. The minimum atomic E-state index is -4.87. The predicted molar refractivity (Wildman–Crippen MR) is 42.0 cm³/mol. The maximum Gasteiger partial charge on any atom is 0.383 e. The van der Waals surface area contributed by atoms with E-state index in [1.165, 1.54) is 5.32 Å². The average Bonchev–Trinajstić information content (AvgIpc) is 2.23. The predicted octanol–water partition coefficient (Wildman–Crippen LogP) is -0.463. The first kappa shape index (κ1) is 14.6. The smallest absolute Gasteiger partial charge is 0.383 e. The topological polar surface area (TPSA) is 75.6 Å². The standard InChI is InChI=1S/C7H9F4NO4/c1-16-4(14)3(13)2-12-6(15)7(10,11)5(8)9/h3,5,13H,2H2,1H3,(H,12,15). The number of nitrogens with one attached hydrogen (secondary N) is 1. The third-order valence-electron chi connectivity index (χ3n) is 1.51. The second-order valence-electron chi connectivity index (χ2n) is 2.67. The van der Waals surface area contributed by atoms with Crippen molar-refractivity contribution in [3.63, 3.8) is 0 Å². The van der Waals surface area contributed by atoms with Crippen molar-refractivity contribution in [2.75, 3.05) is 13.7 Å². The van der Waals surface area contributed by atoms with Crippen LogP contribution in [-0.4, -0.2) is 49.1 Å². The summed E-state index contributed by atoms with van der Waals surface area (Å²) in [4.78, 5) is 21.1. The molecule has 0 rings (SSSR count). The Kier molecular flexibility index (Phi) is 5.15. The second kappa shape index (κ2) is 5.64. The third-order valence-corrected chi connectivity index (χ3v) is 1.51. The number of alkyl halides is 4. The Balaban J connectivity index is 4.23. The molecular formula is C7H9F4NO4. The maximum absolute atomic E-state index is 12.3. The number of carbonyl (C=O) groups excluding carboxylic acids is 2. The molecule has 9 heteroatoms. The van der Waals surface area contributed by atoms with Crippen molar-refractivity contribution < 1.29 is 37.0 Å². The minimum absolute atomic E-state index is 0.918. The zero-order valence-corrected chi connectivity index (χ0v) is 8.05. The van der Waals surface area contributed by atoms with Gasteiger partial charge in [0.1, 0.15) is 0 Å². The van der Waals surface area contributed by atoms with Crippen LogP contribution in [0.4, 0.5) is 17.6 Å². The monoisotopic (exact) mass is 247 g/mol. The molecule has 94 valence electrons. The van der Waals surface area contributed by atoms with Crippen molar-refractivity contribution in [1.29, 1.82) is 0 Å². The van der Waals surface area contributed by atoms with Gasteiger partial charge in [-0.05, 0) is 0 Å². The quantitative estimate of drug-likeness (QED) is 0.509. The highest BCUT2D eigenvalue weighted by Gasteiger charge is 2.48. The number of esters is 1. The summed E-state index contributed by atoms with van der Waals surface area (Å²) in [5, 5.41) is 10.1. The Bertz CT molecular complexity index is 271. The van der Waals surface area contributed by atoms with Gasteiger partial charge in [0.2, 0.25) is 0 Å². The normalized spacial score (nSPS) is 13.4. The molecule has 0 aromatic heterocycles. The van der Waals surface area contributed by atoms with E-state index < -0.39 is 36.9 Å². The number of carbonyl (C=O) groups is 2. The first-order chi connectivity index (χ1) is 7.23. The van der Waals surface area contributed by atoms with Gasteiger partial charge in [-0.25, -0.2) is 13.6 Å². The van der Waals surface area contributed by atoms with Crippen LogP contribution in [0.2, 0.25) is 0 Å². The maximum atomic E-state index is 12.3. The number of amides is 1. The van der Waals surface area contributed by atoms with Crippen LogP contribution >= 0.6 is 0 Å². The molecular weight excluding hydrogens is 238 g/mol. The van der Waals surface area contributed by atoms with Crippen LogP contribution in [0, 0.1) is 0 Å². The van der Waals surface area contributed by atoms with Crippen LogP contribution in [0.15, 0.2) is 0 Å². The summed E-state index contributed by atoms with van der Waals surface area (Å²) in [7, 11) is 0.918. The zero-order valence-electron chi connectivity index (χ0n) is 8.05. The highest BCUT2D eigenvalue weighted by Crippen LogP contribution is 2.22. The molecule has 0 aliphatic rings. The van der Waals surface area contributed by atoms with Crippen molar-refractivity contribution >= 4 is 11.9 Å². The van der Waals surface area contributed by atoms with E-state index in [-0.39, 0.29) is 0 Å². The summed E-state index contributed by atoms with van der Waals surface area (Å²) in [5.41, 5.74) is 0. The van der Waals surface area contributed by atoms with E-state index in [1.54, 1.807) is 0 Å². The van der Waals surface area contributed by atoms with Gasteiger partial charge in [-0.1, -0.05) is 0 Å². The van der Waals surface area contributed by atoms with Gasteiger partial charge >= 0.3 is 18.3 Å². The Labute approximate surface area is 87.4 Å². The number of aliphatic hydroxyl groups excluding tert-OH is 1. The molecule has 0 aliphatic heterocycles. The Hall–Kier alpha value is -1.38. The van der Waals surface area contributed by atoms with Gasteiger partial charge in [-0.2, -0.15) is 8.78 Å². The van der Waals surface area contributed by atoms with Crippen LogP contribution in [-0.2, 0) is 14.3 Å². The molecule has 0 aliphatic carbocycles. The molecule has 0 aromatic rings. The Morgan fingerprint density at radius 2 is 1.94 bits per heavy atom. The average molecular weight is 247 g/mol. The summed E-state index contributed by atoms with van der Waals surface area (Å²) in [6, 6.07) is 0. The fraction of sp³-hybridized carbons (Fsp3) is 0.714. The van der Waals surface area contributed by atoms with Crippen LogP contribution in [0.25, 0.3) is 0 Å². The van der Waals surface area contributed by atoms with Crippen molar-refractivity contribution in [1.82, 2.24) is 5.32 Å². The van der Waals surface area contributed by atoms with Crippen molar-refractivity contribution in [3.05, 3.63) is 0 Å². The van der Waals surface area contributed by atoms with Gasteiger partial charge in [-0.15, -0.1) is 0 Å². The molecule has 5 nitrogen and oxygen atoms in total. The van der Waals surface area contributed by atoms with Crippen LogP contribution in [0.1, 0.15) is 0 Å². The zero-order chi connectivity index (χ0) is 12.9. The van der Waals surface area contributed by atoms with E-state index in [0.717, 1.165) is 7.11 Å². The van der Waals surface area contributed by atoms with Crippen molar-refractivity contribution in [2.24, 2.45) is 0 Å². The fourth-order valence-corrected chi connectivity index (χ4v) is 0.626. The van der Waals surface area contributed by atoms with E-state index in [2.05, 4.69) is 4.74 Å². The summed E-state index contributed by atoms with van der Waals surface area (Å²) < 4.78 is 51.9. The summed E-state index contributed by atoms with van der Waals surface area (Å²) >= 11 is 0. The molecule has 2 N–H and O–H groups in total. The van der Waals surface area contributed by atoms with Crippen molar-refractivity contribution in [2.45, 2.75) is 18.5 Å². The van der Waals surface area contributed by atoms with E-state index >= 15 is 0 Å². The van der Waals surface area contributed by atoms with Gasteiger partial charge in [0.25, 0.3) is 5.91 Å². The molecule has 1 atom stereocenters. The van der Waals surface area contributed by atoms with Gasteiger partial charge in [0.15, 0.2) is 6.10 Å². The van der Waals surface area contributed by atoms with Crippen LogP contribution in [0.5, 0.6) is 0 Å². The number of aliphatic hydroxyl groups is 1. The second-order valence-corrected chi connectivity index (χ2v) is 2.67. The first-order valence-electron chi connectivity index (χ1n) is 3.93. The highest BCUT2D eigenvalue weighted by molar-refractivity contribution is 5.84.